The summed E-state index contributed by atoms with van der Waals surface area (Å²) in [6.45, 7) is 6.77. The van der Waals surface area contributed by atoms with Gasteiger partial charge in [-0.2, -0.15) is 0 Å². The number of carbonyl (C=O) groups excluding carboxylic acids is 3. The molecule has 4 heterocycles. The van der Waals surface area contributed by atoms with Gasteiger partial charge in [0.25, 0.3) is 5.91 Å². The molecule has 0 unspecified atom stereocenters. The second kappa shape index (κ2) is 9.79. The fraction of sp³-hybridized carbons (Fsp3) is 0.385. The number of hydrogen-bond acceptors (Lipinski definition) is 7. The molecule has 10 nitrogen and oxygen atoms in total. The Morgan fingerprint density at radius 1 is 1.21 bits per heavy atom. The molecular formula is C26H27ClFN5O5. The molecule has 12 heteroatoms. The van der Waals surface area contributed by atoms with E-state index in [4.69, 9.17) is 16.3 Å². The van der Waals surface area contributed by atoms with E-state index in [0.717, 1.165) is 6.07 Å². The summed E-state index contributed by atoms with van der Waals surface area (Å²) < 4.78 is 21.1. The Bertz CT molecular complexity index is 1330. The van der Waals surface area contributed by atoms with E-state index < -0.39 is 23.8 Å². The monoisotopic (exact) mass is 543 g/mol. The number of phenols is 1. The second-order valence-electron chi connectivity index (χ2n) is 9.52. The molecule has 200 valence electrons. The third-order valence-corrected chi connectivity index (χ3v) is 7.67. The van der Waals surface area contributed by atoms with E-state index in [1.165, 1.54) is 18.2 Å². The van der Waals surface area contributed by atoms with Crippen molar-refractivity contribution < 1.29 is 28.6 Å². The van der Waals surface area contributed by atoms with Crippen molar-refractivity contribution in [2.75, 3.05) is 51.3 Å². The summed E-state index contributed by atoms with van der Waals surface area (Å²) >= 11 is 6.73. The maximum atomic E-state index is 15.0. The highest BCUT2D eigenvalue weighted by Crippen LogP contribution is 2.46. The van der Waals surface area contributed by atoms with Crippen LogP contribution in [0.5, 0.6) is 11.5 Å². The summed E-state index contributed by atoms with van der Waals surface area (Å²) in [5.41, 5.74) is -0.286. The van der Waals surface area contributed by atoms with Gasteiger partial charge in [-0.1, -0.05) is 24.2 Å². The van der Waals surface area contributed by atoms with E-state index in [0.29, 0.717) is 19.6 Å². The first kappa shape index (κ1) is 25.8. The minimum atomic E-state index is -0.760. The van der Waals surface area contributed by atoms with E-state index >= 15 is 0 Å². The van der Waals surface area contributed by atoms with E-state index in [2.05, 4.69) is 11.6 Å². The Morgan fingerprint density at radius 2 is 1.95 bits per heavy atom. The Kier molecular flexibility index (Phi) is 6.64. The summed E-state index contributed by atoms with van der Waals surface area (Å²) in [4.78, 5) is 50.2. The maximum absolute atomic E-state index is 15.0. The molecule has 0 aliphatic carbocycles. The largest absolute Gasteiger partial charge is 0.507 e. The molecule has 2 atom stereocenters. The number of rotatable bonds is 3. The molecule has 3 aliphatic rings. The number of benzene rings is 1. The predicted octanol–water partition coefficient (Wildman–Crippen LogP) is 2.14. The van der Waals surface area contributed by atoms with Gasteiger partial charge < -0.3 is 29.4 Å². The molecule has 38 heavy (non-hydrogen) atoms. The number of ether oxygens (including phenoxy) is 1. The molecule has 1 aromatic carbocycles. The number of likely N-dealkylation sites (N-methyl/N-ethyl adjacent to an activating group) is 1. The van der Waals surface area contributed by atoms with Crippen LogP contribution in [0.15, 0.2) is 30.9 Å². The second-order valence-corrected chi connectivity index (χ2v) is 9.89. The van der Waals surface area contributed by atoms with Crippen LogP contribution < -0.4 is 9.64 Å². The third kappa shape index (κ3) is 4.10. The molecule has 2 aromatic rings. The van der Waals surface area contributed by atoms with Crippen molar-refractivity contribution >= 4 is 35.1 Å². The quantitative estimate of drug-likeness (QED) is 0.591. The van der Waals surface area contributed by atoms with Crippen LogP contribution in [-0.2, 0) is 9.59 Å². The highest BCUT2D eigenvalue weighted by molar-refractivity contribution is 6.35. The Balaban J connectivity index is 1.69. The smallest absolute Gasteiger partial charge is 0.261 e. The van der Waals surface area contributed by atoms with E-state index in [-0.39, 0.29) is 70.7 Å². The first-order chi connectivity index (χ1) is 18.1. The van der Waals surface area contributed by atoms with Gasteiger partial charge in [-0.05, 0) is 25.1 Å². The van der Waals surface area contributed by atoms with Crippen LogP contribution in [0.4, 0.5) is 10.2 Å². The van der Waals surface area contributed by atoms with Crippen LogP contribution in [0.1, 0.15) is 17.3 Å². The third-order valence-electron chi connectivity index (χ3n) is 7.32. The summed E-state index contributed by atoms with van der Waals surface area (Å²) in [6, 6.07) is 2.66. The first-order valence-electron chi connectivity index (χ1n) is 12.2. The Labute approximate surface area is 223 Å². The fourth-order valence-corrected chi connectivity index (χ4v) is 5.49. The average Bonchev–Trinajstić information content (AvgIpc) is 3.05. The minimum Gasteiger partial charge on any atom is -0.507 e. The van der Waals surface area contributed by atoms with Crippen molar-refractivity contribution in [3.8, 4) is 22.8 Å². The first-order valence-corrected chi connectivity index (χ1v) is 12.6. The maximum Gasteiger partial charge on any atom is 0.261 e. The molecule has 0 saturated carbocycles. The zero-order valence-electron chi connectivity index (χ0n) is 21.0. The summed E-state index contributed by atoms with van der Waals surface area (Å²) in [5, 5.41) is 10.4. The number of nitrogens with zero attached hydrogens (tertiary/aromatic N) is 5. The van der Waals surface area contributed by atoms with Crippen LogP contribution in [0.25, 0.3) is 11.3 Å². The summed E-state index contributed by atoms with van der Waals surface area (Å²) in [7, 11) is 1.69. The van der Waals surface area contributed by atoms with Gasteiger partial charge in [0.15, 0.2) is 5.75 Å². The lowest BCUT2D eigenvalue weighted by atomic mass is 10.0. The molecule has 0 spiro atoms. The van der Waals surface area contributed by atoms with E-state index in [1.807, 2.05) is 0 Å². The van der Waals surface area contributed by atoms with Crippen LogP contribution in [-0.4, -0.2) is 101 Å². The van der Waals surface area contributed by atoms with E-state index in [9.17, 15) is 23.9 Å². The summed E-state index contributed by atoms with van der Waals surface area (Å²) in [5.74, 6) is -1.87. The average molecular weight is 544 g/mol. The van der Waals surface area contributed by atoms with Crippen LogP contribution >= 0.6 is 11.6 Å². The number of halogens is 2. The number of aromatic hydroxyl groups is 1. The zero-order valence-corrected chi connectivity index (χ0v) is 21.7. The summed E-state index contributed by atoms with van der Waals surface area (Å²) in [6.07, 6.45) is 1.22. The number of phenolic OH excluding ortho intramolecular Hbond substituents is 1. The molecule has 1 aromatic heterocycles. The van der Waals surface area contributed by atoms with Gasteiger partial charge in [0.1, 0.15) is 46.3 Å². The van der Waals surface area contributed by atoms with Gasteiger partial charge >= 0.3 is 0 Å². The van der Waals surface area contributed by atoms with Crippen LogP contribution in [0.2, 0.25) is 5.02 Å². The topological polar surface area (TPSA) is 107 Å². The van der Waals surface area contributed by atoms with Crippen molar-refractivity contribution in [1.82, 2.24) is 19.7 Å². The zero-order chi connectivity index (χ0) is 27.3. The number of amides is 3. The predicted molar refractivity (Wildman–Crippen MR) is 138 cm³/mol. The van der Waals surface area contributed by atoms with E-state index in [1.54, 1.807) is 33.6 Å². The molecule has 0 radical (unpaired) electrons. The van der Waals surface area contributed by atoms with Gasteiger partial charge in [0.2, 0.25) is 11.8 Å². The SMILES string of the molecule is C=CC(=O)N1CCN2C(=O)c3c(N4CCN(C)C(=O)[C@@H]4C)nc(-c4c(O)cccc4F)c(Cl)c3OC[C@H]2C1. The molecule has 2 saturated heterocycles. The van der Waals surface area contributed by atoms with Gasteiger partial charge in [-0.25, -0.2) is 9.37 Å². The number of hydrogen-bond donors (Lipinski definition) is 1. The Morgan fingerprint density at radius 3 is 2.66 bits per heavy atom. The highest BCUT2D eigenvalue weighted by Gasteiger charge is 2.42. The molecule has 3 amide bonds. The minimum absolute atomic E-state index is 0.00565. The van der Waals surface area contributed by atoms with Crippen molar-refractivity contribution in [1.29, 1.82) is 0 Å². The number of anilines is 1. The van der Waals surface area contributed by atoms with Crippen molar-refractivity contribution in [3.63, 3.8) is 0 Å². The van der Waals surface area contributed by atoms with Crippen molar-refractivity contribution in [2.45, 2.75) is 19.0 Å². The molecular weight excluding hydrogens is 517 g/mol. The molecule has 5 rings (SSSR count). The lowest BCUT2D eigenvalue weighted by Crippen LogP contribution is -2.58. The molecule has 0 bridgehead atoms. The van der Waals surface area contributed by atoms with Gasteiger partial charge in [0, 0.05) is 39.8 Å². The Hall–Kier alpha value is -3.86. The van der Waals surface area contributed by atoms with Crippen LogP contribution in [0, 0.1) is 5.82 Å². The normalized spacial score (nSPS) is 21.5. The van der Waals surface area contributed by atoms with Gasteiger partial charge in [-0.15, -0.1) is 0 Å². The fourth-order valence-electron chi connectivity index (χ4n) is 5.20. The lowest BCUT2D eigenvalue weighted by molar-refractivity contribution is -0.132. The lowest BCUT2D eigenvalue weighted by Gasteiger charge is -2.41. The highest BCUT2D eigenvalue weighted by atomic mass is 35.5. The molecule has 1 N–H and O–H groups in total. The number of pyridine rings is 1. The number of aromatic nitrogens is 1. The number of carbonyl (C=O) groups is 3. The molecule has 2 fully saturated rings. The van der Waals surface area contributed by atoms with Crippen molar-refractivity contribution in [3.05, 3.63) is 47.3 Å². The number of fused-ring (bicyclic) bond motifs is 2. The van der Waals surface area contributed by atoms with Crippen LogP contribution in [0.3, 0.4) is 0 Å². The van der Waals surface area contributed by atoms with Crippen molar-refractivity contribution in [2.24, 2.45) is 0 Å². The van der Waals surface area contributed by atoms with Gasteiger partial charge in [-0.3, -0.25) is 14.4 Å². The number of piperazine rings is 2. The van der Waals surface area contributed by atoms with Gasteiger partial charge in [0.05, 0.1) is 11.6 Å². The molecule has 3 aliphatic heterocycles. The standard InChI is InChI=1S/C26H27ClFN5O5/c1-4-18(35)31-9-11-33-15(12-31)13-38-23-20(26(33)37)24(32-10-8-30(3)25(36)14(32)2)29-22(21(23)27)19-16(28)6-5-7-17(19)34/h4-7,14-15,34H,1,8-13H2,2-3H3/t14-,15+/m0/s1.